The van der Waals surface area contributed by atoms with Gasteiger partial charge in [-0.15, -0.1) is 0 Å². The highest BCUT2D eigenvalue weighted by Crippen LogP contribution is 2.26. The summed E-state index contributed by atoms with van der Waals surface area (Å²) in [6.45, 7) is 0.0813. The molecule has 6 heteroatoms. The van der Waals surface area contributed by atoms with Gasteiger partial charge in [-0.1, -0.05) is 5.16 Å². The molecule has 0 spiro atoms. The summed E-state index contributed by atoms with van der Waals surface area (Å²) in [6, 6.07) is 4.27. The van der Waals surface area contributed by atoms with E-state index in [1.54, 1.807) is 6.07 Å². The average Bonchev–Trinajstić information content (AvgIpc) is 2.75. The number of halogens is 2. The Hall–Kier alpha value is -1.27. The predicted molar refractivity (Wildman–Crippen MR) is 62.8 cm³/mol. The number of nitrogens with zero attached hydrogens (tertiary/aromatic N) is 2. The number of rotatable bonds is 4. The molecule has 0 saturated heterocycles. The Kier molecular flexibility index (Phi) is 3.86. The molecular formula is C11H10BrFN2O2. The van der Waals surface area contributed by atoms with Gasteiger partial charge in [0.05, 0.1) is 0 Å². The van der Waals surface area contributed by atoms with E-state index in [2.05, 4.69) is 26.1 Å². The van der Waals surface area contributed by atoms with E-state index in [-0.39, 0.29) is 12.4 Å². The highest BCUT2D eigenvalue weighted by molar-refractivity contribution is 9.10. The largest absolute Gasteiger partial charge is 0.396 e. The molecule has 0 fully saturated rings. The number of aryl methyl sites for hydroxylation is 1. The van der Waals surface area contributed by atoms with Crippen molar-refractivity contribution >= 4 is 15.9 Å². The molecule has 1 aromatic heterocycles. The molecule has 1 heterocycles. The first-order chi connectivity index (χ1) is 8.20. The predicted octanol–water partition coefficient (Wildman–Crippen LogP) is 2.56. The van der Waals surface area contributed by atoms with Gasteiger partial charge in [-0.2, -0.15) is 4.98 Å². The van der Waals surface area contributed by atoms with Crippen LogP contribution in [0.5, 0.6) is 0 Å². The lowest BCUT2D eigenvalue weighted by Gasteiger charge is -1.98. The normalized spacial score (nSPS) is 10.8. The Morgan fingerprint density at radius 1 is 1.41 bits per heavy atom. The molecule has 0 saturated carbocycles. The average molecular weight is 301 g/mol. The minimum atomic E-state index is -0.329. The third-order valence-electron chi connectivity index (χ3n) is 2.19. The summed E-state index contributed by atoms with van der Waals surface area (Å²) in [5.41, 5.74) is 0.672. The van der Waals surface area contributed by atoms with E-state index in [1.165, 1.54) is 12.1 Å². The second kappa shape index (κ2) is 5.37. The maximum atomic E-state index is 12.9. The van der Waals surface area contributed by atoms with Gasteiger partial charge in [0, 0.05) is 23.1 Å². The number of hydrogen-bond donors (Lipinski definition) is 1. The van der Waals surface area contributed by atoms with Crippen molar-refractivity contribution < 1.29 is 14.0 Å². The van der Waals surface area contributed by atoms with Gasteiger partial charge in [0.1, 0.15) is 5.82 Å². The van der Waals surface area contributed by atoms with Crippen molar-refractivity contribution in [1.82, 2.24) is 10.1 Å². The molecule has 1 N–H and O–H groups in total. The second-order valence-corrected chi connectivity index (χ2v) is 4.32. The SMILES string of the molecule is OCCCc1nc(-c2ccc(F)cc2Br)no1. The number of hydrogen-bond acceptors (Lipinski definition) is 4. The lowest BCUT2D eigenvalue weighted by atomic mass is 10.2. The molecule has 0 amide bonds. The first kappa shape index (κ1) is 12.2. The molecule has 0 aliphatic rings. The van der Waals surface area contributed by atoms with Gasteiger partial charge in [0.25, 0.3) is 0 Å². The van der Waals surface area contributed by atoms with E-state index < -0.39 is 0 Å². The van der Waals surface area contributed by atoms with Crippen LogP contribution in [-0.4, -0.2) is 21.9 Å². The van der Waals surface area contributed by atoms with Gasteiger partial charge >= 0.3 is 0 Å². The van der Waals surface area contributed by atoms with Gasteiger partial charge < -0.3 is 9.63 Å². The summed E-state index contributed by atoms with van der Waals surface area (Å²) < 4.78 is 18.5. The van der Waals surface area contributed by atoms with E-state index in [0.29, 0.717) is 34.6 Å². The lowest BCUT2D eigenvalue weighted by Crippen LogP contribution is -1.90. The maximum absolute atomic E-state index is 12.9. The Balaban J connectivity index is 2.24. The summed E-state index contributed by atoms with van der Waals surface area (Å²) in [4.78, 5) is 4.17. The summed E-state index contributed by atoms with van der Waals surface area (Å²) >= 11 is 3.24. The van der Waals surface area contributed by atoms with Gasteiger partial charge in [-0.25, -0.2) is 4.39 Å². The molecule has 1 aromatic carbocycles. The number of benzene rings is 1. The Bertz CT molecular complexity index is 516. The number of aliphatic hydroxyl groups excluding tert-OH is 1. The van der Waals surface area contributed by atoms with E-state index in [1.807, 2.05) is 0 Å². The first-order valence-electron chi connectivity index (χ1n) is 5.09. The van der Waals surface area contributed by atoms with Gasteiger partial charge in [-0.05, 0) is 40.5 Å². The van der Waals surface area contributed by atoms with E-state index >= 15 is 0 Å². The smallest absolute Gasteiger partial charge is 0.227 e. The van der Waals surface area contributed by atoms with Crippen LogP contribution in [0.3, 0.4) is 0 Å². The molecule has 0 aliphatic heterocycles. The quantitative estimate of drug-likeness (QED) is 0.943. The summed E-state index contributed by atoms with van der Waals surface area (Å²) in [6.07, 6.45) is 1.11. The zero-order chi connectivity index (χ0) is 12.3. The fourth-order valence-corrected chi connectivity index (χ4v) is 1.90. The van der Waals surface area contributed by atoms with Crippen LogP contribution in [0.4, 0.5) is 4.39 Å². The van der Waals surface area contributed by atoms with Crippen LogP contribution >= 0.6 is 15.9 Å². The zero-order valence-electron chi connectivity index (χ0n) is 8.86. The van der Waals surface area contributed by atoms with Crippen molar-refractivity contribution in [3.8, 4) is 11.4 Å². The van der Waals surface area contributed by atoms with Crippen LogP contribution in [0, 0.1) is 5.82 Å². The van der Waals surface area contributed by atoms with Crippen molar-refractivity contribution in [2.75, 3.05) is 6.61 Å². The van der Waals surface area contributed by atoms with Gasteiger partial charge in [0.2, 0.25) is 11.7 Å². The molecule has 4 nitrogen and oxygen atoms in total. The third-order valence-corrected chi connectivity index (χ3v) is 2.84. The minimum absolute atomic E-state index is 0.0813. The Morgan fingerprint density at radius 2 is 2.24 bits per heavy atom. The standard InChI is InChI=1S/C11H10BrFN2O2/c12-9-6-7(13)3-4-8(9)11-14-10(17-15-11)2-1-5-16/h3-4,6,16H,1-2,5H2. The maximum Gasteiger partial charge on any atom is 0.227 e. The van der Waals surface area contributed by atoms with E-state index in [0.717, 1.165) is 0 Å². The fraction of sp³-hybridized carbons (Fsp3) is 0.273. The molecule has 0 aliphatic carbocycles. The fourth-order valence-electron chi connectivity index (χ4n) is 1.37. The minimum Gasteiger partial charge on any atom is -0.396 e. The molecule has 17 heavy (non-hydrogen) atoms. The summed E-state index contributed by atoms with van der Waals surface area (Å²) in [5, 5.41) is 12.5. The molecule has 2 rings (SSSR count). The topological polar surface area (TPSA) is 59.2 Å². The zero-order valence-corrected chi connectivity index (χ0v) is 10.4. The van der Waals surface area contributed by atoms with Crippen LogP contribution in [0.15, 0.2) is 27.2 Å². The van der Waals surface area contributed by atoms with E-state index in [4.69, 9.17) is 9.63 Å². The number of aromatic nitrogens is 2. The van der Waals surface area contributed by atoms with Crippen molar-refractivity contribution in [1.29, 1.82) is 0 Å². The highest BCUT2D eigenvalue weighted by Gasteiger charge is 2.11. The van der Waals surface area contributed by atoms with Crippen molar-refractivity contribution in [3.63, 3.8) is 0 Å². The van der Waals surface area contributed by atoms with Gasteiger partial charge in [-0.3, -0.25) is 0 Å². The van der Waals surface area contributed by atoms with Crippen molar-refractivity contribution in [3.05, 3.63) is 34.4 Å². The van der Waals surface area contributed by atoms with E-state index in [9.17, 15) is 4.39 Å². The molecule has 2 aromatic rings. The van der Waals surface area contributed by atoms with Crippen molar-refractivity contribution in [2.24, 2.45) is 0 Å². The molecule has 0 unspecified atom stereocenters. The number of aliphatic hydroxyl groups is 1. The summed E-state index contributed by atoms with van der Waals surface area (Å²) in [5.74, 6) is 0.541. The molecule has 0 radical (unpaired) electrons. The molecule has 0 bridgehead atoms. The van der Waals surface area contributed by atoms with Crippen molar-refractivity contribution in [2.45, 2.75) is 12.8 Å². The molecular weight excluding hydrogens is 291 g/mol. The second-order valence-electron chi connectivity index (χ2n) is 3.46. The molecule has 90 valence electrons. The molecule has 0 atom stereocenters. The highest BCUT2D eigenvalue weighted by atomic mass is 79.9. The summed E-state index contributed by atoms with van der Waals surface area (Å²) in [7, 11) is 0. The van der Waals surface area contributed by atoms with Crippen LogP contribution in [-0.2, 0) is 6.42 Å². The van der Waals surface area contributed by atoms with Crippen LogP contribution in [0.1, 0.15) is 12.3 Å². The Labute approximate surface area is 106 Å². The Morgan fingerprint density at radius 3 is 2.94 bits per heavy atom. The lowest BCUT2D eigenvalue weighted by molar-refractivity contribution is 0.278. The van der Waals surface area contributed by atoms with Gasteiger partial charge in [0.15, 0.2) is 0 Å². The van der Waals surface area contributed by atoms with Crippen LogP contribution < -0.4 is 0 Å². The van der Waals surface area contributed by atoms with Crippen LogP contribution in [0.25, 0.3) is 11.4 Å². The monoisotopic (exact) mass is 300 g/mol. The van der Waals surface area contributed by atoms with Crippen LogP contribution in [0.2, 0.25) is 0 Å². The first-order valence-corrected chi connectivity index (χ1v) is 5.89. The third kappa shape index (κ3) is 2.89.